The zero-order valence-electron chi connectivity index (χ0n) is 78.5. The number of phenolic OH excluding ortho intramolecular Hbond substituents is 2. The average molecular weight is 2020 g/mol. The summed E-state index contributed by atoms with van der Waals surface area (Å²) in [5.41, 5.74) is 63.0. The molecule has 0 radical (unpaired) electrons. The Hall–Kier alpha value is -14.6. The molecular weight excluding hydrogens is 1880 g/mol. The molecule has 50 N–H and O–H groups in total. The van der Waals surface area contributed by atoms with Gasteiger partial charge in [0.15, 0.2) is 35.8 Å². The molecule has 784 valence electrons. The fourth-order valence-corrected chi connectivity index (χ4v) is 16.9. The zero-order chi connectivity index (χ0) is 105. The van der Waals surface area contributed by atoms with Gasteiger partial charge in [0, 0.05) is 83.3 Å². The number of nitrogens with two attached hydrogens (primary N) is 11. The first-order chi connectivity index (χ1) is 66.9. The molecule has 2 aliphatic heterocycles. The van der Waals surface area contributed by atoms with E-state index in [2.05, 4.69) is 106 Å². The second kappa shape index (κ2) is 64.5. The lowest BCUT2D eigenvalue weighted by molar-refractivity contribution is -0.142. The lowest BCUT2D eigenvalue weighted by Gasteiger charge is -2.31. The van der Waals surface area contributed by atoms with Crippen LogP contribution in [0.15, 0.2) is 48.5 Å². The molecule has 0 aliphatic carbocycles. The van der Waals surface area contributed by atoms with E-state index >= 15 is 52.7 Å². The number of guanidine groups is 6. The molecule has 0 bridgehead atoms. The normalized spacial score (nSPS) is 20.2. The Bertz CT molecular complexity index is 4550. The van der Waals surface area contributed by atoms with Crippen LogP contribution >= 0.6 is 21.6 Å². The maximum Gasteiger partial charge on any atom is 0.312 e. The van der Waals surface area contributed by atoms with Crippen molar-refractivity contribution in [1.82, 2.24) is 111 Å². The third-order valence-corrected chi connectivity index (χ3v) is 24.3. The summed E-state index contributed by atoms with van der Waals surface area (Å²) < 4.78 is 0. The molecule has 2 saturated heterocycles. The number of fused-ring (bicyclic) bond motifs is 1. The van der Waals surface area contributed by atoms with Crippen molar-refractivity contribution in [3.8, 4) is 11.5 Å². The number of primary amides is 3. The predicted octanol–water partition coefficient (Wildman–Crippen LogP) is -10.5. The van der Waals surface area contributed by atoms with E-state index in [4.69, 9.17) is 95.5 Å². The zero-order valence-corrected chi connectivity index (χ0v) is 80.1. The molecule has 4 rings (SSSR count). The Balaban J connectivity index is 2.16. The molecule has 18 amide bonds. The number of benzene rings is 2. The number of nitrogens with zero attached hydrogens (tertiary/aromatic N) is 1. The summed E-state index contributed by atoms with van der Waals surface area (Å²) in [5, 5.41) is 120. The molecule has 0 saturated carbocycles. The van der Waals surface area contributed by atoms with E-state index in [1.165, 1.54) is 48.5 Å². The number of nitrogens with one attached hydrogen (secondary N) is 26. The Morgan fingerprint density at radius 2 is 0.723 bits per heavy atom. The molecule has 58 heteroatoms. The predicted molar refractivity (Wildman–Crippen MR) is 525 cm³/mol. The highest BCUT2D eigenvalue weighted by Crippen LogP contribution is 2.26. The SMILES string of the molecule is N=C(N)NCCC[C@H](NC(=O)[C@@H]1CSSC[C@H](NC(=O)[C@H](CCCNC(=N)N)NC(=O)[C@H](CCCNC(=N)N)NC(=O)[C@@H](N)CCCNC(=N)N)C(=O)N[C@@H](Cc2ccc(O)cc2)C(=O)N[C@@H](CCCNC(=N)N)C(=O)N[C@@H](CCCCN)C(=O)N[C@H](CCCNC(N)=O)C(=O)N2CCC[C@H]2C(=O)N[C@@H](Cc2ccc(O)cc2)C(=O)N[C@@H](CCCNC(=N)N)C(=O)N[C@@H](CCCNC(N)=O)C(=O)N1)C(N)=O. The van der Waals surface area contributed by atoms with Crippen LogP contribution in [0.5, 0.6) is 11.5 Å². The Labute approximate surface area is 822 Å². The summed E-state index contributed by atoms with van der Waals surface area (Å²) in [6, 6.07) is -14.2. The highest BCUT2D eigenvalue weighted by atomic mass is 33.1. The van der Waals surface area contributed by atoms with Gasteiger partial charge < -0.3 is 185 Å². The average Bonchev–Trinajstić information content (AvgIpc) is 1.71. The Morgan fingerprint density at radius 1 is 0.383 bits per heavy atom. The minimum atomic E-state index is -1.92. The van der Waals surface area contributed by atoms with Crippen molar-refractivity contribution in [2.45, 2.75) is 232 Å². The minimum Gasteiger partial charge on any atom is -0.508 e. The second-order valence-corrected chi connectivity index (χ2v) is 35.8. The summed E-state index contributed by atoms with van der Waals surface area (Å²) >= 11 is 0. The van der Waals surface area contributed by atoms with Crippen LogP contribution in [-0.2, 0) is 80.0 Å². The lowest BCUT2D eigenvalue weighted by Crippen LogP contribution is -2.61. The molecule has 14 atom stereocenters. The summed E-state index contributed by atoms with van der Waals surface area (Å²) in [6.45, 7) is -0.589. The number of urea groups is 2. The quantitative estimate of drug-likeness (QED) is 0.0127. The second-order valence-electron chi connectivity index (χ2n) is 33.3. The van der Waals surface area contributed by atoms with E-state index in [9.17, 15) is 34.2 Å². The third kappa shape index (κ3) is 48.0. The number of amides is 18. The van der Waals surface area contributed by atoms with Crippen LogP contribution in [0.1, 0.15) is 146 Å². The van der Waals surface area contributed by atoms with Gasteiger partial charge in [-0.1, -0.05) is 45.9 Å². The maximum absolute atomic E-state index is 15.8. The number of hydrogen-bond acceptors (Lipinski definition) is 28. The van der Waals surface area contributed by atoms with Crippen LogP contribution in [0, 0.1) is 32.5 Å². The van der Waals surface area contributed by atoms with E-state index < -0.39 is 233 Å². The largest absolute Gasteiger partial charge is 0.508 e. The minimum absolute atomic E-state index is 0.00431. The number of carbonyl (C=O) groups excluding carboxylic acids is 16. The Kier molecular flexibility index (Phi) is 54.3. The van der Waals surface area contributed by atoms with E-state index in [1.807, 2.05) is 0 Å². The molecule has 2 aromatic carbocycles. The fourth-order valence-electron chi connectivity index (χ4n) is 14.5. The van der Waals surface area contributed by atoms with Gasteiger partial charge >= 0.3 is 12.1 Å². The van der Waals surface area contributed by atoms with Crippen molar-refractivity contribution in [2.75, 3.05) is 77.0 Å². The smallest absolute Gasteiger partial charge is 0.312 e. The van der Waals surface area contributed by atoms with E-state index in [1.54, 1.807) is 0 Å². The van der Waals surface area contributed by atoms with E-state index in [-0.39, 0.29) is 223 Å². The summed E-state index contributed by atoms with van der Waals surface area (Å²) in [6.07, 6.45) is -2.59. The highest BCUT2D eigenvalue weighted by Gasteiger charge is 2.42. The summed E-state index contributed by atoms with van der Waals surface area (Å²) in [4.78, 5) is 236. The van der Waals surface area contributed by atoms with Crippen molar-refractivity contribution in [3.63, 3.8) is 0 Å². The number of carbonyl (C=O) groups is 16. The van der Waals surface area contributed by atoms with Gasteiger partial charge in [-0.2, -0.15) is 0 Å². The molecule has 2 heterocycles. The molecule has 2 aliphatic rings. The van der Waals surface area contributed by atoms with Crippen LogP contribution in [0.4, 0.5) is 9.59 Å². The highest BCUT2D eigenvalue weighted by molar-refractivity contribution is 8.76. The van der Waals surface area contributed by atoms with Crippen molar-refractivity contribution in [2.24, 2.45) is 63.1 Å². The van der Waals surface area contributed by atoms with Gasteiger partial charge in [-0.05, 0) is 177 Å². The fraction of sp³-hybridized carbons (Fsp3) is 0.590. The number of unbranched alkanes of at least 4 members (excludes halogenated alkanes) is 1. The first kappa shape index (κ1) is 119. The van der Waals surface area contributed by atoms with Crippen LogP contribution in [0.3, 0.4) is 0 Å². The third-order valence-electron chi connectivity index (χ3n) is 21.9. The molecule has 56 nitrogen and oxygen atoms in total. The van der Waals surface area contributed by atoms with Crippen LogP contribution in [0.25, 0.3) is 0 Å². The molecule has 2 aromatic rings. The molecular formula is C83H142N38O18S2. The van der Waals surface area contributed by atoms with Crippen molar-refractivity contribution >= 4 is 152 Å². The maximum atomic E-state index is 15.8. The van der Waals surface area contributed by atoms with E-state index in [0.29, 0.717) is 5.56 Å². The van der Waals surface area contributed by atoms with Crippen LogP contribution in [0.2, 0.25) is 0 Å². The molecule has 0 spiro atoms. The van der Waals surface area contributed by atoms with Gasteiger partial charge in [0.2, 0.25) is 82.7 Å². The van der Waals surface area contributed by atoms with Crippen LogP contribution < -0.4 is 169 Å². The van der Waals surface area contributed by atoms with Gasteiger partial charge in [-0.25, -0.2) is 9.59 Å². The summed E-state index contributed by atoms with van der Waals surface area (Å²) in [5.74, 6) is -18.9. The molecule has 2 fully saturated rings. The molecule has 0 aromatic heterocycles. The van der Waals surface area contributed by atoms with Crippen LogP contribution in [-0.4, -0.2) is 307 Å². The van der Waals surface area contributed by atoms with Gasteiger partial charge in [0.1, 0.15) is 90.0 Å². The number of hydrogen-bond donors (Lipinski definition) is 39. The lowest BCUT2D eigenvalue weighted by atomic mass is 10.0. The Morgan fingerprint density at radius 3 is 1.13 bits per heavy atom. The van der Waals surface area contributed by atoms with Gasteiger partial charge in [0.05, 0.1) is 6.04 Å². The summed E-state index contributed by atoms with van der Waals surface area (Å²) in [7, 11) is 1.45. The number of aromatic hydroxyl groups is 2. The van der Waals surface area contributed by atoms with Crippen molar-refractivity contribution in [3.05, 3.63) is 59.7 Å². The van der Waals surface area contributed by atoms with Crippen molar-refractivity contribution in [1.29, 1.82) is 32.5 Å². The van der Waals surface area contributed by atoms with E-state index in [0.717, 1.165) is 26.5 Å². The number of phenols is 2. The van der Waals surface area contributed by atoms with Gasteiger partial charge in [-0.3, -0.25) is 99.6 Å². The first-order valence-corrected chi connectivity index (χ1v) is 48.5. The first-order valence-electron chi connectivity index (χ1n) is 46.0. The van der Waals surface area contributed by atoms with Gasteiger partial charge in [0.25, 0.3) is 0 Å². The number of rotatable bonds is 49. The topological polar surface area (TPSA) is 987 Å². The molecule has 0 unspecified atom stereocenters. The molecule has 141 heavy (non-hydrogen) atoms. The van der Waals surface area contributed by atoms with Crippen molar-refractivity contribution < 1.29 is 86.9 Å². The standard InChI is InChI=1S/C83H142N38O18S2/c84-30-2-1-13-50-67(129)116-56(20-10-38-108-83(100)139)75(137)121-39-11-21-61(121)74(136)118-58(41-45-24-28-47(123)29-25-45)71(133)115-53(17-7-35-105-80(95)96)66(128)113-55(19-9-37-107-82(99)138)69(131)119-59(72(134)109-49(62(86)124)14-4-32-102-77(89)90)42-140-141-43-60(73(135)117-57(40-44-22-26-46(122)27-23-44)70(132)114-52(65(127)111-50)16-6-34-104-79(93)94)120-68(130)54(18-8-36-106-81(97)98)112-64(126)51(15-5-33-103-78(91)92)110-63(125)48(85)12-3-31-101-76(87)88/h22-29,48-61,122-123H,1-21,30-43,84-85H2,(H2,86,124)(H,109,134)(H,110,125)(H,111,127)(H,112,126)(H,113,128)(H,114,132)(H,115,133)(H,116,129)(H,117,135)(H,118,136)(H,119,131)(H,120,130)(H4,87,88,101)(H4,89,90,102)(H4,91,92,103)(H4,93,94,104)(H4,95,96,105)(H4,97,98,106)(H3,99,107,138)(H3,100,108,139)/t48-,49-,50-,51-,52-,53-,54-,55-,56+,57-,58-,59-,60-,61-/m0/s1. The monoisotopic (exact) mass is 2020 g/mol. The van der Waals surface area contributed by atoms with Gasteiger partial charge in [-0.15, -0.1) is 0 Å².